The minimum Gasteiger partial charge on any atom is -0.348 e. The molecule has 0 saturated heterocycles. The number of aryl methyl sites for hydroxylation is 2. The molecule has 3 aromatic rings. The number of amides is 1. The number of aromatic nitrogens is 2. The number of hydrogen-bond donors (Lipinski definition) is 2. The molecule has 0 bridgehead atoms. The van der Waals surface area contributed by atoms with E-state index in [4.69, 9.17) is 0 Å². The predicted molar refractivity (Wildman–Crippen MR) is 111 cm³/mol. The summed E-state index contributed by atoms with van der Waals surface area (Å²) in [5.74, 6) is -0.220. The van der Waals surface area contributed by atoms with Gasteiger partial charge in [-0.2, -0.15) is 5.10 Å². The fourth-order valence-corrected chi connectivity index (χ4v) is 3.84. The van der Waals surface area contributed by atoms with Crippen LogP contribution in [0.4, 0.5) is 0 Å². The first-order valence-corrected chi connectivity index (χ1v) is 10.7. The number of sulfonamides is 1. The van der Waals surface area contributed by atoms with Crippen molar-refractivity contribution in [2.24, 2.45) is 0 Å². The van der Waals surface area contributed by atoms with Crippen molar-refractivity contribution in [3.8, 4) is 0 Å². The second-order valence-corrected chi connectivity index (χ2v) is 8.71. The molecule has 0 spiro atoms. The van der Waals surface area contributed by atoms with Crippen molar-refractivity contribution >= 4 is 15.9 Å². The Morgan fingerprint density at radius 3 is 2.45 bits per heavy atom. The molecule has 0 aliphatic heterocycles. The van der Waals surface area contributed by atoms with Crippen LogP contribution >= 0.6 is 0 Å². The number of hydrogen-bond acceptors (Lipinski definition) is 4. The van der Waals surface area contributed by atoms with Crippen LogP contribution in [-0.4, -0.2) is 31.2 Å². The van der Waals surface area contributed by atoms with Crippen LogP contribution in [0.25, 0.3) is 0 Å². The van der Waals surface area contributed by atoms with Gasteiger partial charge in [0.05, 0.1) is 17.1 Å². The third kappa shape index (κ3) is 5.10. The Morgan fingerprint density at radius 1 is 1.03 bits per heavy atom. The Hall–Kier alpha value is -2.97. The van der Waals surface area contributed by atoms with Crippen LogP contribution in [0, 0.1) is 13.8 Å². The molecule has 3 rings (SSSR count). The smallest absolute Gasteiger partial charge is 0.251 e. The van der Waals surface area contributed by atoms with Gasteiger partial charge in [0.1, 0.15) is 0 Å². The minimum atomic E-state index is -3.52. The van der Waals surface area contributed by atoms with Gasteiger partial charge in [0.15, 0.2) is 0 Å². The van der Waals surface area contributed by atoms with Gasteiger partial charge in [-0.15, -0.1) is 0 Å². The van der Waals surface area contributed by atoms with Gasteiger partial charge in [-0.3, -0.25) is 9.48 Å². The SMILES string of the molecule is CNS(=O)(=O)c1cccc(CNC(=O)c2cccc(Cn3nc(C)cc3C)c2)c1. The maximum atomic E-state index is 12.6. The highest BCUT2D eigenvalue weighted by atomic mass is 32.2. The summed E-state index contributed by atoms with van der Waals surface area (Å²) in [6, 6.07) is 15.9. The number of carbonyl (C=O) groups excluding carboxylic acids is 1. The van der Waals surface area contributed by atoms with Gasteiger partial charge >= 0.3 is 0 Å². The normalized spacial score (nSPS) is 11.4. The van der Waals surface area contributed by atoms with E-state index in [0.29, 0.717) is 17.7 Å². The van der Waals surface area contributed by atoms with Crippen LogP contribution < -0.4 is 10.0 Å². The van der Waals surface area contributed by atoms with Crippen molar-refractivity contribution in [1.82, 2.24) is 19.8 Å². The number of nitrogens with one attached hydrogen (secondary N) is 2. The number of rotatable bonds is 7. The number of carbonyl (C=O) groups is 1. The van der Waals surface area contributed by atoms with Crippen LogP contribution in [-0.2, 0) is 23.1 Å². The van der Waals surface area contributed by atoms with Crippen LogP contribution in [0.1, 0.15) is 32.9 Å². The van der Waals surface area contributed by atoms with Gasteiger partial charge in [0.2, 0.25) is 10.0 Å². The van der Waals surface area contributed by atoms with Gasteiger partial charge in [0.25, 0.3) is 5.91 Å². The summed E-state index contributed by atoms with van der Waals surface area (Å²) < 4.78 is 28.0. The van der Waals surface area contributed by atoms with E-state index in [1.165, 1.54) is 13.1 Å². The van der Waals surface area contributed by atoms with Gasteiger partial charge in [-0.05, 0) is 62.4 Å². The molecule has 1 aromatic heterocycles. The van der Waals surface area contributed by atoms with E-state index < -0.39 is 10.0 Å². The molecular weight excluding hydrogens is 388 g/mol. The Labute approximate surface area is 170 Å². The van der Waals surface area contributed by atoms with E-state index in [1.54, 1.807) is 24.3 Å². The van der Waals surface area contributed by atoms with Crippen LogP contribution in [0.3, 0.4) is 0 Å². The Balaban J connectivity index is 1.69. The maximum absolute atomic E-state index is 12.6. The molecule has 8 heteroatoms. The fraction of sp³-hybridized carbons (Fsp3) is 0.238. The molecule has 0 radical (unpaired) electrons. The van der Waals surface area contributed by atoms with E-state index in [0.717, 1.165) is 17.0 Å². The molecular formula is C21H24N4O3S. The summed E-state index contributed by atoms with van der Waals surface area (Å²) in [6.07, 6.45) is 0. The largest absolute Gasteiger partial charge is 0.348 e. The number of nitrogens with zero attached hydrogens (tertiary/aromatic N) is 2. The van der Waals surface area contributed by atoms with Crippen molar-refractivity contribution in [1.29, 1.82) is 0 Å². The van der Waals surface area contributed by atoms with Crippen molar-refractivity contribution in [3.05, 3.63) is 82.7 Å². The third-order valence-electron chi connectivity index (χ3n) is 4.56. The zero-order valence-electron chi connectivity index (χ0n) is 16.6. The standard InChI is InChI=1S/C21H24N4O3S/c1-15-10-16(2)25(24-15)14-18-7-4-8-19(11-18)21(26)23-13-17-6-5-9-20(12-17)29(27,28)22-3/h4-12,22H,13-14H2,1-3H3,(H,23,26). The molecule has 7 nitrogen and oxygen atoms in total. The maximum Gasteiger partial charge on any atom is 0.251 e. The zero-order valence-corrected chi connectivity index (χ0v) is 17.5. The van der Waals surface area contributed by atoms with Gasteiger partial charge < -0.3 is 5.32 Å². The molecule has 0 unspecified atom stereocenters. The summed E-state index contributed by atoms with van der Waals surface area (Å²) in [4.78, 5) is 12.7. The second kappa shape index (κ2) is 8.59. The number of benzene rings is 2. The molecule has 0 atom stereocenters. The molecule has 0 aliphatic carbocycles. The summed E-state index contributed by atoms with van der Waals surface area (Å²) in [7, 11) is -2.16. The average molecular weight is 413 g/mol. The zero-order chi connectivity index (χ0) is 21.0. The first-order valence-electron chi connectivity index (χ1n) is 9.19. The molecule has 29 heavy (non-hydrogen) atoms. The molecule has 1 heterocycles. The Morgan fingerprint density at radius 2 is 1.76 bits per heavy atom. The van der Waals surface area contributed by atoms with E-state index in [9.17, 15) is 13.2 Å². The minimum absolute atomic E-state index is 0.165. The highest BCUT2D eigenvalue weighted by Crippen LogP contribution is 2.13. The van der Waals surface area contributed by atoms with Crippen LogP contribution in [0.15, 0.2) is 59.5 Å². The Bertz CT molecular complexity index is 1140. The first kappa shape index (κ1) is 20.8. The van der Waals surface area contributed by atoms with Gasteiger partial charge in [-0.1, -0.05) is 24.3 Å². The quantitative estimate of drug-likeness (QED) is 0.623. The van der Waals surface area contributed by atoms with Crippen LogP contribution in [0.5, 0.6) is 0 Å². The first-order chi connectivity index (χ1) is 13.8. The lowest BCUT2D eigenvalue weighted by atomic mass is 10.1. The lowest BCUT2D eigenvalue weighted by Gasteiger charge is -2.09. The van der Waals surface area contributed by atoms with Crippen molar-refractivity contribution in [3.63, 3.8) is 0 Å². The summed E-state index contributed by atoms with van der Waals surface area (Å²) in [5, 5.41) is 7.29. The molecule has 152 valence electrons. The molecule has 2 aromatic carbocycles. The second-order valence-electron chi connectivity index (χ2n) is 6.82. The third-order valence-corrected chi connectivity index (χ3v) is 5.97. The van der Waals surface area contributed by atoms with E-state index >= 15 is 0 Å². The fourth-order valence-electron chi connectivity index (χ4n) is 3.04. The molecule has 1 amide bonds. The van der Waals surface area contributed by atoms with Gasteiger partial charge in [-0.25, -0.2) is 13.1 Å². The summed E-state index contributed by atoms with van der Waals surface area (Å²) >= 11 is 0. The lowest BCUT2D eigenvalue weighted by Crippen LogP contribution is -2.23. The summed E-state index contributed by atoms with van der Waals surface area (Å²) in [6.45, 7) is 4.77. The highest BCUT2D eigenvalue weighted by Gasteiger charge is 2.12. The predicted octanol–water partition coefficient (Wildman–Crippen LogP) is 2.39. The molecule has 0 fully saturated rings. The molecule has 2 N–H and O–H groups in total. The van der Waals surface area contributed by atoms with Crippen molar-refractivity contribution < 1.29 is 13.2 Å². The van der Waals surface area contributed by atoms with Crippen LogP contribution in [0.2, 0.25) is 0 Å². The highest BCUT2D eigenvalue weighted by molar-refractivity contribution is 7.89. The summed E-state index contributed by atoms with van der Waals surface area (Å²) in [5.41, 5.74) is 4.25. The molecule has 0 saturated carbocycles. The van der Waals surface area contributed by atoms with E-state index in [-0.39, 0.29) is 17.3 Å². The van der Waals surface area contributed by atoms with Crippen molar-refractivity contribution in [2.45, 2.75) is 31.8 Å². The topological polar surface area (TPSA) is 93.1 Å². The van der Waals surface area contributed by atoms with E-state index in [2.05, 4.69) is 15.1 Å². The monoisotopic (exact) mass is 412 g/mol. The average Bonchev–Trinajstić information content (AvgIpc) is 3.03. The van der Waals surface area contributed by atoms with E-state index in [1.807, 2.05) is 42.8 Å². The van der Waals surface area contributed by atoms with Crippen molar-refractivity contribution in [2.75, 3.05) is 7.05 Å². The van der Waals surface area contributed by atoms with Gasteiger partial charge in [0, 0.05) is 17.8 Å². The molecule has 0 aliphatic rings. The Kier molecular flexibility index (Phi) is 6.14. The lowest BCUT2D eigenvalue weighted by molar-refractivity contribution is 0.0950.